The van der Waals surface area contributed by atoms with Gasteiger partial charge in [0.05, 0.1) is 0 Å². The molecule has 1 aromatic heterocycles. The summed E-state index contributed by atoms with van der Waals surface area (Å²) in [6.07, 6.45) is 3.90. The van der Waals surface area contributed by atoms with Gasteiger partial charge in [-0.15, -0.1) is 5.10 Å². The number of aromatic nitrogens is 3. The highest BCUT2D eigenvalue weighted by Gasteiger charge is 2.24. The Morgan fingerprint density at radius 2 is 2.27 bits per heavy atom. The number of nitrogens with zero attached hydrogens (tertiary/aromatic N) is 3. The van der Waals surface area contributed by atoms with Crippen molar-refractivity contribution in [2.45, 2.75) is 25.2 Å². The van der Waals surface area contributed by atoms with Crippen molar-refractivity contribution in [2.75, 3.05) is 0 Å². The van der Waals surface area contributed by atoms with E-state index in [-0.39, 0.29) is 0 Å². The molecule has 11 heavy (non-hydrogen) atoms. The van der Waals surface area contributed by atoms with Gasteiger partial charge in [0.2, 0.25) is 4.73 Å². The van der Waals surface area contributed by atoms with Crippen molar-refractivity contribution in [3.05, 3.63) is 10.6 Å². The molecule has 0 spiro atoms. The van der Waals surface area contributed by atoms with Crippen LogP contribution in [0.1, 0.15) is 31.0 Å². The molecule has 1 aromatic rings. The predicted molar refractivity (Wildman–Crippen MR) is 45.3 cm³/mol. The Morgan fingerprint density at radius 3 is 2.64 bits per heavy atom. The molecule has 2 rings (SSSR count). The molecule has 1 heterocycles. The number of hydrogen-bond acceptors (Lipinski definition) is 2. The zero-order chi connectivity index (χ0) is 7.84. The van der Waals surface area contributed by atoms with Crippen LogP contribution in [-0.4, -0.2) is 14.8 Å². The van der Waals surface area contributed by atoms with Gasteiger partial charge < -0.3 is 0 Å². The van der Waals surface area contributed by atoms with Gasteiger partial charge in [0.25, 0.3) is 0 Å². The molecule has 0 radical (unpaired) electrons. The maximum atomic E-state index is 4.30. The van der Waals surface area contributed by atoms with Gasteiger partial charge in [-0.3, -0.25) is 4.68 Å². The summed E-state index contributed by atoms with van der Waals surface area (Å²) in [5, 5.41) is 4.14. The quantitative estimate of drug-likeness (QED) is 0.717. The average Bonchev–Trinajstić information content (AvgIpc) is 2.07. The summed E-state index contributed by atoms with van der Waals surface area (Å²) < 4.78 is 2.58. The molecular formula is C7H10BrN3. The summed E-state index contributed by atoms with van der Waals surface area (Å²) in [6, 6.07) is 0. The van der Waals surface area contributed by atoms with Crippen LogP contribution in [0.25, 0.3) is 0 Å². The minimum Gasteiger partial charge on any atom is -0.252 e. The van der Waals surface area contributed by atoms with Gasteiger partial charge >= 0.3 is 0 Å². The Kier molecular flexibility index (Phi) is 1.71. The molecule has 0 aromatic carbocycles. The summed E-state index contributed by atoms with van der Waals surface area (Å²) >= 11 is 3.26. The van der Waals surface area contributed by atoms with E-state index in [1.807, 2.05) is 11.7 Å². The van der Waals surface area contributed by atoms with Crippen LogP contribution in [-0.2, 0) is 7.05 Å². The highest BCUT2D eigenvalue weighted by atomic mass is 79.9. The van der Waals surface area contributed by atoms with E-state index in [1.54, 1.807) is 0 Å². The third-order valence-electron chi connectivity index (χ3n) is 2.24. The fourth-order valence-corrected chi connectivity index (χ4v) is 1.81. The summed E-state index contributed by atoms with van der Waals surface area (Å²) in [4.78, 5) is 4.30. The lowest BCUT2D eigenvalue weighted by Gasteiger charge is -2.23. The summed E-state index contributed by atoms with van der Waals surface area (Å²) in [7, 11) is 1.95. The van der Waals surface area contributed by atoms with Gasteiger partial charge in [-0.25, -0.2) is 4.98 Å². The fourth-order valence-electron chi connectivity index (χ4n) is 1.39. The molecular weight excluding hydrogens is 206 g/mol. The average molecular weight is 216 g/mol. The van der Waals surface area contributed by atoms with Crippen LogP contribution in [0.2, 0.25) is 0 Å². The molecule has 0 aliphatic heterocycles. The van der Waals surface area contributed by atoms with Crippen LogP contribution in [0.3, 0.4) is 0 Å². The maximum absolute atomic E-state index is 4.30. The highest BCUT2D eigenvalue weighted by molar-refractivity contribution is 9.10. The van der Waals surface area contributed by atoms with Crippen molar-refractivity contribution < 1.29 is 0 Å². The fraction of sp³-hybridized carbons (Fsp3) is 0.714. The normalized spacial score (nSPS) is 18.4. The van der Waals surface area contributed by atoms with E-state index < -0.39 is 0 Å². The lowest BCUT2D eigenvalue weighted by atomic mass is 9.85. The monoisotopic (exact) mass is 215 g/mol. The third-order valence-corrected chi connectivity index (χ3v) is 2.58. The van der Waals surface area contributed by atoms with E-state index in [4.69, 9.17) is 0 Å². The van der Waals surface area contributed by atoms with E-state index in [2.05, 4.69) is 26.0 Å². The molecule has 60 valence electrons. The van der Waals surface area contributed by atoms with Crippen molar-refractivity contribution in [1.29, 1.82) is 0 Å². The second kappa shape index (κ2) is 2.59. The topological polar surface area (TPSA) is 30.7 Å². The Labute approximate surface area is 73.9 Å². The minimum atomic E-state index is 0.666. The maximum Gasteiger partial charge on any atom is 0.217 e. The van der Waals surface area contributed by atoms with Crippen LogP contribution in [0.15, 0.2) is 4.73 Å². The number of aryl methyl sites for hydroxylation is 1. The standard InChI is InChI=1S/C7H10BrN3/c1-11-6(5-3-2-4-5)9-7(8)10-11/h5H,2-4H2,1H3. The first-order valence-electron chi connectivity index (χ1n) is 3.84. The van der Waals surface area contributed by atoms with Gasteiger partial charge in [0.1, 0.15) is 5.82 Å². The van der Waals surface area contributed by atoms with E-state index in [9.17, 15) is 0 Å². The minimum absolute atomic E-state index is 0.666. The second-order valence-electron chi connectivity index (χ2n) is 2.99. The van der Waals surface area contributed by atoms with Gasteiger partial charge in [-0.2, -0.15) is 0 Å². The molecule has 3 nitrogen and oxygen atoms in total. The van der Waals surface area contributed by atoms with Crippen LogP contribution in [0, 0.1) is 0 Å². The number of hydrogen-bond donors (Lipinski definition) is 0. The van der Waals surface area contributed by atoms with Crippen molar-refractivity contribution in [1.82, 2.24) is 14.8 Å². The molecule has 1 fully saturated rings. The molecule has 1 saturated carbocycles. The van der Waals surface area contributed by atoms with Crippen LogP contribution in [0.5, 0.6) is 0 Å². The molecule has 0 atom stereocenters. The van der Waals surface area contributed by atoms with E-state index in [1.165, 1.54) is 19.3 Å². The number of rotatable bonds is 1. The molecule has 4 heteroatoms. The Morgan fingerprint density at radius 1 is 1.55 bits per heavy atom. The summed E-state index contributed by atoms with van der Waals surface area (Å²) in [5.41, 5.74) is 0. The molecule has 0 bridgehead atoms. The van der Waals surface area contributed by atoms with Crippen LogP contribution < -0.4 is 0 Å². The van der Waals surface area contributed by atoms with Gasteiger partial charge in [0.15, 0.2) is 0 Å². The molecule has 0 saturated heterocycles. The van der Waals surface area contributed by atoms with Gasteiger partial charge in [0, 0.05) is 13.0 Å². The molecule has 1 aliphatic carbocycles. The first-order valence-corrected chi connectivity index (χ1v) is 4.63. The van der Waals surface area contributed by atoms with E-state index in [0.29, 0.717) is 10.7 Å². The van der Waals surface area contributed by atoms with Crippen molar-refractivity contribution >= 4 is 15.9 Å². The zero-order valence-electron chi connectivity index (χ0n) is 6.42. The Balaban J connectivity index is 2.28. The lowest BCUT2D eigenvalue weighted by molar-refractivity contribution is 0.388. The first-order chi connectivity index (χ1) is 5.27. The first kappa shape index (κ1) is 7.28. The summed E-state index contributed by atoms with van der Waals surface area (Å²) in [5.74, 6) is 1.79. The lowest BCUT2D eigenvalue weighted by Crippen LogP contribution is -2.14. The Bertz CT molecular complexity index is 265. The molecule has 1 aliphatic rings. The SMILES string of the molecule is Cn1nc(Br)nc1C1CCC1. The molecule has 0 amide bonds. The smallest absolute Gasteiger partial charge is 0.217 e. The van der Waals surface area contributed by atoms with Crippen LogP contribution >= 0.6 is 15.9 Å². The van der Waals surface area contributed by atoms with Gasteiger partial charge in [-0.1, -0.05) is 6.42 Å². The van der Waals surface area contributed by atoms with Crippen molar-refractivity contribution in [3.8, 4) is 0 Å². The second-order valence-corrected chi connectivity index (χ2v) is 3.70. The largest absolute Gasteiger partial charge is 0.252 e. The third kappa shape index (κ3) is 1.20. The summed E-state index contributed by atoms with van der Waals surface area (Å²) in [6.45, 7) is 0. The zero-order valence-corrected chi connectivity index (χ0v) is 8.00. The Hall–Kier alpha value is -0.380. The molecule has 0 N–H and O–H groups in total. The molecule has 0 unspecified atom stereocenters. The van der Waals surface area contributed by atoms with Gasteiger partial charge in [-0.05, 0) is 28.8 Å². The van der Waals surface area contributed by atoms with E-state index in [0.717, 1.165) is 5.82 Å². The van der Waals surface area contributed by atoms with E-state index >= 15 is 0 Å². The number of halogens is 1. The predicted octanol–water partition coefficient (Wildman–Crippen LogP) is 1.85. The van der Waals surface area contributed by atoms with Crippen molar-refractivity contribution in [2.24, 2.45) is 7.05 Å². The highest BCUT2D eigenvalue weighted by Crippen LogP contribution is 2.35. The van der Waals surface area contributed by atoms with Crippen molar-refractivity contribution in [3.63, 3.8) is 0 Å². The van der Waals surface area contributed by atoms with Crippen LogP contribution in [0.4, 0.5) is 0 Å².